The molecule has 1 heteroatoms. The van der Waals surface area contributed by atoms with Crippen molar-refractivity contribution in [3.8, 4) is 11.1 Å². The molecule has 93 valence electrons. The summed E-state index contributed by atoms with van der Waals surface area (Å²) in [4.78, 5) is 0. The van der Waals surface area contributed by atoms with Crippen molar-refractivity contribution in [3.05, 3.63) is 91.8 Å². The number of hydrogen-bond donors (Lipinski definition) is 1. The van der Waals surface area contributed by atoms with Crippen LogP contribution < -0.4 is 0 Å². The van der Waals surface area contributed by atoms with Gasteiger partial charge >= 0.3 is 0 Å². The van der Waals surface area contributed by atoms with E-state index in [0.717, 1.165) is 22.6 Å². The third-order valence-corrected chi connectivity index (χ3v) is 3.34. The summed E-state index contributed by atoms with van der Waals surface area (Å²) in [7, 11) is 0. The van der Waals surface area contributed by atoms with Gasteiger partial charge in [0, 0.05) is 5.92 Å². The highest BCUT2D eigenvalue weighted by molar-refractivity contribution is 5.68. The minimum absolute atomic E-state index is 0.577. The highest BCUT2D eigenvalue weighted by Crippen LogP contribution is 2.38. The van der Waals surface area contributed by atoms with E-state index in [1.807, 2.05) is 62.1 Å². The second-order valence-electron chi connectivity index (χ2n) is 4.57. The smallest absolute Gasteiger partial charge is 0.0864 e. The van der Waals surface area contributed by atoms with Crippen LogP contribution >= 0.6 is 0 Å². The summed E-state index contributed by atoms with van der Waals surface area (Å²) in [6.07, 6.45) is 7.22. The predicted molar refractivity (Wildman–Crippen MR) is 77.3 cm³/mol. The molecule has 0 spiro atoms. The van der Waals surface area contributed by atoms with Crippen LogP contribution in [0.1, 0.15) is 11.7 Å². The van der Waals surface area contributed by atoms with Crippen molar-refractivity contribution in [1.82, 2.24) is 0 Å². The van der Waals surface area contributed by atoms with E-state index in [9.17, 15) is 5.11 Å². The molecule has 1 atom stereocenters. The Labute approximate surface area is 114 Å². The van der Waals surface area contributed by atoms with Gasteiger partial charge in [0.1, 0.15) is 0 Å². The molecule has 1 saturated carbocycles. The summed E-state index contributed by atoms with van der Waals surface area (Å²) in [6, 6.07) is 18.2. The zero-order chi connectivity index (χ0) is 13.1. The third-order valence-electron chi connectivity index (χ3n) is 3.34. The highest BCUT2D eigenvalue weighted by atomic mass is 16.3. The Balaban J connectivity index is 1.97. The molecule has 1 nitrogen and oxygen atoms in total. The number of aliphatic hydroxyl groups excluding tert-OH is 1. The summed E-state index contributed by atoms with van der Waals surface area (Å²) in [5.74, 6) is 0.934. The van der Waals surface area contributed by atoms with Gasteiger partial charge in [-0.05, 0) is 42.4 Å². The first-order chi connectivity index (χ1) is 9.36. The molecule has 0 bridgehead atoms. The molecular formula is C18H15O. The quantitative estimate of drug-likeness (QED) is 0.874. The zero-order valence-corrected chi connectivity index (χ0v) is 10.5. The lowest BCUT2D eigenvalue weighted by atomic mass is 9.89. The van der Waals surface area contributed by atoms with Crippen molar-refractivity contribution in [2.24, 2.45) is 0 Å². The first-order valence-corrected chi connectivity index (χ1v) is 6.40. The molecule has 2 aromatic rings. The van der Waals surface area contributed by atoms with Crippen LogP contribution in [0.5, 0.6) is 0 Å². The highest BCUT2D eigenvalue weighted by Gasteiger charge is 2.27. The summed E-state index contributed by atoms with van der Waals surface area (Å²) in [6.45, 7) is 0. The SMILES string of the molecule is O[C@H]([C]1[CH][CH][CH][CH]1)c1ccccc1-c1ccccc1. The van der Waals surface area contributed by atoms with Crippen LogP contribution in [-0.4, -0.2) is 5.11 Å². The zero-order valence-electron chi connectivity index (χ0n) is 10.5. The number of rotatable bonds is 3. The van der Waals surface area contributed by atoms with E-state index < -0.39 is 6.10 Å². The largest absolute Gasteiger partial charge is 0.388 e. The van der Waals surface area contributed by atoms with E-state index >= 15 is 0 Å². The van der Waals surface area contributed by atoms with E-state index in [0.29, 0.717) is 0 Å². The topological polar surface area (TPSA) is 20.2 Å². The lowest BCUT2D eigenvalue weighted by Crippen LogP contribution is -2.09. The van der Waals surface area contributed by atoms with Gasteiger partial charge in [-0.2, -0.15) is 0 Å². The second-order valence-corrected chi connectivity index (χ2v) is 4.57. The molecule has 19 heavy (non-hydrogen) atoms. The van der Waals surface area contributed by atoms with Crippen molar-refractivity contribution in [2.45, 2.75) is 6.10 Å². The molecule has 2 aromatic carbocycles. The average molecular weight is 247 g/mol. The molecule has 0 amide bonds. The Morgan fingerprint density at radius 1 is 0.737 bits per heavy atom. The average Bonchev–Trinajstić information content (AvgIpc) is 3.02. The van der Waals surface area contributed by atoms with Gasteiger partial charge in [-0.15, -0.1) is 0 Å². The number of hydrogen-bond acceptors (Lipinski definition) is 1. The molecule has 0 aliphatic heterocycles. The van der Waals surface area contributed by atoms with Crippen LogP contribution in [0.2, 0.25) is 0 Å². The van der Waals surface area contributed by atoms with Gasteiger partial charge in [-0.1, -0.05) is 54.6 Å². The molecule has 0 unspecified atom stereocenters. The fraction of sp³-hybridized carbons (Fsp3) is 0.0556. The Kier molecular flexibility index (Phi) is 3.65. The van der Waals surface area contributed by atoms with Gasteiger partial charge in [-0.3, -0.25) is 0 Å². The Bertz CT molecular complexity index is 526. The van der Waals surface area contributed by atoms with Crippen LogP contribution in [0.25, 0.3) is 11.1 Å². The molecule has 1 fully saturated rings. The first-order valence-electron chi connectivity index (χ1n) is 6.40. The maximum absolute atomic E-state index is 10.5. The van der Waals surface area contributed by atoms with Gasteiger partial charge in [0.15, 0.2) is 0 Å². The Hall–Kier alpha value is -1.60. The summed E-state index contributed by atoms with van der Waals surface area (Å²) in [5, 5.41) is 10.5. The van der Waals surface area contributed by atoms with E-state index in [1.165, 1.54) is 0 Å². The fourth-order valence-electron chi connectivity index (χ4n) is 2.37. The van der Waals surface area contributed by atoms with Gasteiger partial charge in [0.25, 0.3) is 0 Å². The lowest BCUT2D eigenvalue weighted by Gasteiger charge is -2.20. The van der Waals surface area contributed by atoms with Crippen LogP contribution in [-0.2, 0) is 0 Å². The molecule has 1 aliphatic rings. The van der Waals surface area contributed by atoms with Crippen LogP contribution in [0.3, 0.4) is 0 Å². The summed E-state index contributed by atoms with van der Waals surface area (Å²) < 4.78 is 0. The Morgan fingerprint density at radius 2 is 1.37 bits per heavy atom. The maximum Gasteiger partial charge on any atom is 0.0864 e. The summed E-state index contributed by atoms with van der Waals surface area (Å²) >= 11 is 0. The molecule has 5 radical (unpaired) electrons. The Morgan fingerprint density at radius 3 is 2.11 bits per heavy atom. The van der Waals surface area contributed by atoms with Gasteiger partial charge in [-0.25, -0.2) is 0 Å². The van der Waals surface area contributed by atoms with E-state index in [-0.39, 0.29) is 0 Å². The standard InChI is InChI=1S/C18H15O/c19-18(15-10-4-5-11-15)17-13-7-6-12-16(17)14-8-2-1-3-9-14/h1-13,18-19H/t18-/m1/s1. The number of benzene rings is 2. The molecule has 0 aromatic heterocycles. The molecule has 0 heterocycles. The van der Waals surface area contributed by atoms with Crippen molar-refractivity contribution in [2.75, 3.05) is 0 Å². The second kappa shape index (κ2) is 5.58. The van der Waals surface area contributed by atoms with Crippen LogP contribution in [0.4, 0.5) is 0 Å². The van der Waals surface area contributed by atoms with Crippen molar-refractivity contribution >= 4 is 0 Å². The van der Waals surface area contributed by atoms with Crippen LogP contribution in [0.15, 0.2) is 54.6 Å². The molecule has 3 rings (SSSR count). The maximum atomic E-state index is 10.5. The van der Waals surface area contributed by atoms with Crippen molar-refractivity contribution in [1.29, 1.82) is 0 Å². The molecule has 1 aliphatic carbocycles. The van der Waals surface area contributed by atoms with Crippen molar-refractivity contribution < 1.29 is 5.11 Å². The minimum Gasteiger partial charge on any atom is -0.388 e. The molecular weight excluding hydrogens is 232 g/mol. The van der Waals surface area contributed by atoms with Crippen LogP contribution in [0, 0.1) is 31.6 Å². The van der Waals surface area contributed by atoms with Gasteiger partial charge in [0.2, 0.25) is 0 Å². The van der Waals surface area contributed by atoms with Crippen molar-refractivity contribution in [3.63, 3.8) is 0 Å². The summed E-state index contributed by atoms with van der Waals surface area (Å²) in [5.41, 5.74) is 3.15. The normalized spacial score (nSPS) is 17.5. The minimum atomic E-state index is -0.577. The monoisotopic (exact) mass is 247 g/mol. The lowest BCUT2D eigenvalue weighted by molar-refractivity contribution is 0.201. The molecule has 0 saturated heterocycles. The van der Waals surface area contributed by atoms with E-state index in [4.69, 9.17) is 0 Å². The third kappa shape index (κ3) is 2.57. The van der Waals surface area contributed by atoms with Gasteiger partial charge in [0.05, 0.1) is 6.10 Å². The van der Waals surface area contributed by atoms with E-state index in [1.54, 1.807) is 0 Å². The number of aliphatic hydroxyl groups is 1. The fourth-order valence-corrected chi connectivity index (χ4v) is 2.37. The van der Waals surface area contributed by atoms with Gasteiger partial charge < -0.3 is 5.11 Å². The predicted octanol–water partition coefficient (Wildman–Crippen LogP) is 3.79. The first kappa shape index (κ1) is 12.4. The van der Waals surface area contributed by atoms with E-state index in [2.05, 4.69) is 18.2 Å². The molecule has 1 N–H and O–H groups in total.